The fourth-order valence-electron chi connectivity index (χ4n) is 1.26. The lowest BCUT2D eigenvalue weighted by Gasteiger charge is -2.11. The van der Waals surface area contributed by atoms with Crippen molar-refractivity contribution in [3.8, 4) is 0 Å². The van der Waals surface area contributed by atoms with Crippen LogP contribution in [0.5, 0.6) is 0 Å². The van der Waals surface area contributed by atoms with E-state index in [0.717, 1.165) is 6.20 Å². The van der Waals surface area contributed by atoms with Crippen LogP contribution in [-0.2, 0) is 17.1 Å². The third-order valence-corrected chi connectivity index (χ3v) is 2.31. The molecule has 4 nitrogen and oxygen atoms in total. The van der Waals surface area contributed by atoms with Crippen molar-refractivity contribution in [2.45, 2.75) is 18.7 Å². The van der Waals surface area contributed by atoms with E-state index in [0.29, 0.717) is 5.56 Å². The lowest BCUT2D eigenvalue weighted by atomic mass is 10.1. The first-order chi connectivity index (χ1) is 7.47. The number of nitrogens with two attached hydrogens (primary N) is 1. The number of hydrogen-bond donors (Lipinski definition) is 2. The molecule has 0 aliphatic heterocycles. The minimum Gasteiger partial charge on any atom is -0.481 e. The summed E-state index contributed by atoms with van der Waals surface area (Å²) >= 11 is 5.52. The van der Waals surface area contributed by atoms with E-state index in [1.165, 1.54) is 0 Å². The number of aromatic nitrogens is 1. The van der Waals surface area contributed by atoms with E-state index in [-0.39, 0.29) is 17.1 Å². The Morgan fingerprint density at radius 1 is 1.62 bits per heavy atom. The average Bonchev–Trinajstić information content (AvgIpc) is 2.19. The van der Waals surface area contributed by atoms with Crippen LogP contribution in [-0.4, -0.2) is 16.1 Å². The minimum atomic E-state index is -2.86. The van der Waals surface area contributed by atoms with Crippen molar-refractivity contribution in [2.75, 3.05) is 5.73 Å². The highest BCUT2D eigenvalue weighted by molar-refractivity contribution is 6.17. The largest absolute Gasteiger partial charge is 0.481 e. The van der Waals surface area contributed by atoms with Gasteiger partial charge in [-0.05, 0) is 0 Å². The molecular weight excluding hydrogens is 242 g/mol. The summed E-state index contributed by atoms with van der Waals surface area (Å²) in [4.78, 5) is 14.0. The molecule has 16 heavy (non-hydrogen) atoms. The van der Waals surface area contributed by atoms with Gasteiger partial charge in [0.1, 0.15) is 5.69 Å². The van der Waals surface area contributed by atoms with Gasteiger partial charge in [-0.2, -0.15) is 0 Å². The van der Waals surface area contributed by atoms with Gasteiger partial charge in [-0.25, -0.2) is 8.78 Å². The second kappa shape index (κ2) is 5.07. The van der Waals surface area contributed by atoms with Crippen LogP contribution < -0.4 is 5.73 Å². The van der Waals surface area contributed by atoms with Gasteiger partial charge in [-0.1, -0.05) is 0 Å². The smallest absolute Gasteiger partial charge is 0.307 e. The molecule has 0 spiro atoms. The van der Waals surface area contributed by atoms with Gasteiger partial charge in [0.2, 0.25) is 0 Å². The molecular formula is C9H9ClF2N2O2. The molecule has 3 N–H and O–H groups in total. The highest BCUT2D eigenvalue weighted by Crippen LogP contribution is 2.28. The van der Waals surface area contributed by atoms with E-state index < -0.39 is 24.5 Å². The number of carbonyl (C=O) groups is 1. The topological polar surface area (TPSA) is 76.2 Å². The van der Waals surface area contributed by atoms with Crippen molar-refractivity contribution in [3.63, 3.8) is 0 Å². The van der Waals surface area contributed by atoms with Crippen LogP contribution in [0.4, 0.5) is 14.5 Å². The van der Waals surface area contributed by atoms with E-state index in [4.69, 9.17) is 22.4 Å². The summed E-state index contributed by atoms with van der Waals surface area (Å²) in [7, 11) is 0. The molecule has 1 aromatic heterocycles. The standard InChI is InChI=1S/C9H9ClF2N2O2/c10-2-4-3-14-8(9(11)12)5(7(4)13)1-6(15)16/h3,9H,1-2H2,(H2,13,14)(H,15,16). The first-order valence-corrected chi connectivity index (χ1v) is 4.82. The van der Waals surface area contributed by atoms with Crippen molar-refractivity contribution < 1.29 is 18.7 Å². The maximum Gasteiger partial charge on any atom is 0.307 e. The number of alkyl halides is 3. The van der Waals surface area contributed by atoms with E-state index in [2.05, 4.69) is 4.98 Å². The van der Waals surface area contributed by atoms with Gasteiger partial charge in [-0.3, -0.25) is 9.78 Å². The van der Waals surface area contributed by atoms with Crippen LogP contribution in [0.15, 0.2) is 6.20 Å². The van der Waals surface area contributed by atoms with Gasteiger partial charge in [0.15, 0.2) is 0 Å². The second-order valence-electron chi connectivity index (χ2n) is 3.07. The fraction of sp³-hybridized carbons (Fsp3) is 0.333. The summed E-state index contributed by atoms with van der Waals surface area (Å²) in [5.41, 5.74) is 5.11. The molecule has 0 aliphatic carbocycles. The lowest BCUT2D eigenvalue weighted by Crippen LogP contribution is -2.11. The maximum absolute atomic E-state index is 12.5. The Morgan fingerprint density at radius 2 is 2.25 bits per heavy atom. The molecule has 0 amide bonds. The Morgan fingerprint density at radius 3 is 2.69 bits per heavy atom. The number of carboxylic acids is 1. The van der Waals surface area contributed by atoms with Crippen molar-refractivity contribution in [1.29, 1.82) is 0 Å². The molecule has 1 heterocycles. The van der Waals surface area contributed by atoms with E-state index in [9.17, 15) is 13.6 Å². The zero-order chi connectivity index (χ0) is 12.3. The third-order valence-electron chi connectivity index (χ3n) is 2.02. The summed E-state index contributed by atoms with van der Waals surface area (Å²) in [6, 6.07) is 0. The molecule has 0 aliphatic rings. The monoisotopic (exact) mass is 250 g/mol. The Labute approximate surface area is 95.0 Å². The molecule has 0 radical (unpaired) electrons. The number of halogens is 3. The van der Waals surface area contributed by atoms with Crippen molar-refractivity contribution in [1.82, 2.24) is 4.98 Å². The first-order valence-electron chi connectivity index (χ1n) is 4.29. The molecule has 1 rings (SSSR count). The predicted molar refractivity (Wildman–Crippen MR) is 54.5 cm³/mol. The molecule has 88 valence electrons. The molecule has 1 aromatic rings. The SMILES string of the molecule is Nc1c(CCl)cnc(C(F)F)c1CC(=O)O. The molecule has 0 unspecified atom stereocenters. The Kier molecular flexibility index (Phi) is 4.00. The second-order valence-corrected chi connectivity index (χ2v) is 3.33. The quantitative estimate of drug-likeness (QED) is 0.801. The normalized spacial score (nSPS) is 10.8. The van der Waals surface area contributed by atoms with Crippen LogP contribution in [0.2, 0.25) is 0 Å². The van der Waals surface area contributed by atoms with Gasteiger partial charge in [0, 0.05) is 23.0 Å². The number of nitrogens with zero attached hydrogens (tertiary/aromatic N) is 1. The zero-order valence-electron chi connectivity index (χ0n) is 8.08. The Bertz CT molecular complexity index is 413. The molecule has 0 fully saturated rings. The van der Waals surface area contributed by atoms with Crippen LogP contribution in [0.1, 0.15) is 23.2 Å². The van der Waals surface area contributed by atoms with Crippen molar-refractivity contribution in [3.05, 3.63) is 23.0 Å². The van der Waals surface area contributed by atoms with Gasteiger partial charge in [-0.15, -0.1) is 11.6 Å². The van der Waals surface area contributed by atoms with Crippen LogP contribution in [0.3, 0.4) is 0 Å². The number of hydrogen-bond acceptors (Lipinski definition) is 3. The highest BCUT2D eigenvalue weighted by atomic mass is 35.5. The fourth-order valence-corrected chi connectivity index (χ4v) is 1.47. The first kappa shape index (κ1) is 12.6. The van der Waals surface area contributed by atoms with E-state index in [1.807, 2.05) is 0 Å². The van der Waals surface area contributed by atoms with Crippen LogP contribution in [0, 0.1) is 0 Å². The van der Waals surface area contributed by atoms with Gasteiger partial charge >= 0.3 is 5.97 Å². The molecule has 0 saturated heterocycles. The molecule has 0 atom stereocenters. The van der Waals surface area contributed by atoms with Gasteiger partial charge in [0.25, 0.3) is 6.43 Å². The highest BCUT2D eigenvalue weighted by Gasteiger charge is 2.20. The van der Waals surface area contributed by atoms with Gasteiger partial charge < -0.3 is 10.8 Å². The molecule has 0 aromatic carbocycles. The molecule has 7 heteroatoms. The van der Waals surface area contributed by atoms with E-state index >= 15 is 0 Å². The summed E-state index contributed by atoms with van der Waals surface area (Å²) in [5.74, 6) is -1.25. The van der Waals surface area contributed by atoms with Crippen molar-refractivity contribution >= 4 is 23.3 Å². The van der Waals surface area contributed by atoms with Crippen molar-refractivity contribution in [2.24, 2.45) is 0 Å². The lowest BCUT2D eigenvalue weighted by molar-refractivity contribution is -0.136. The number of carboxylic acid groups (broad SMARTS) is 1. The summed E-state index contributed by atoms with van der Waals surface area (Å²) in [5, 5.41) is 8.60. The van der Waals surface area contributed by atoms with Crippen LogP contribution >= 0.6 is 11.6 Å². The third kappa shape index (κ3) is 2.57. The Hall–Kier alpha value is -1.43. The summed E-state index contributed by atoms with van der Waals surface area (Å²) in [6.07, 6.45) is -2.32. The maximum atomic E-state index is 12.5. The number of pyridine rings is 1. The molecule has 0 bridgehead atoms. The minimum absolute atomic E-state index is 0.00499. The number of nitrogen functional groups attached to an aromatic ring is 1. The van der Waals surface area contributed by atoms with Gasteiger partial charge in [0.05, 0.1) is 12.3 Å². The zero-order valence-corrected chi connectivity index (χ0v) is 8.84. The summed E-state index contributed by atoms with van der Waals surface area (Å²) in [6.45, 7) is 0. The number of anilines is 1. The number of rotatable bonds is 4. The number of aliphatic carboxylic acids is 1. The van der Waals surface area contributed by atoms with Crippen LogP contribution in [0.25, 0.3) is 0 Å². The van der Waals surface area contributed by atoms with E-state index in [1.54, 1.807) is 0 Å². The summed E-state index contributed by atoms with van der Waals surface area (Å²) < 4.78 is 25.1. The average molecular weight is 251 g/mol. The predicted octanol–water partition coefficient (Wildman–Crippen LogP) is 1.97. The Balaban J connectivity index is 3.30. The molecule has 0 saturated carbocycles.